The first-order valence-corrected chi connectivity index (χ1v) is 7.58. The number of ether oxygens (including phenoxy) is 2. The fourth-order valence-electron chi connectivity index (χ4n) is 2.32. The fraction of sp³-hybridized carbons (Fsp3) is 0.733. The smallest absolute Gasteiger partial charge is 0.351 e. The Labute approximate surface area is 125 Å². The molecule has 2 atom stereocenters. The first-order valence-electron chi connectivity index (χ1n) is 7.58. The van der Waals surface area contributed by atoms with Crippen LogP contribution < -0.4 is 11.0 Å². The summed E-state index contributed by atoms with van der Waals surface area (Å²) < 4.78 is 13.0. The van der Waals surface area contributed by atoms with Gasteiger partial charge in [-0.1, -0.05) is 0 Å². The van der Waals surface area contributed by atoms with Gasteiger partial charge in [-0.25, -0.2) is 4.79 Å². The molecule has 6 nitrogen and oxygen atoms in total. The van der Waals surface area contributed by atoms with Crippen LogP contribution in [0.2, 0.25) is 0 Å². The van der Waals surface area contributed by atoms with Gasteiger partial charge in [0.05, 0.1) is 18.8 Å². The summed E-state index contributed by atoms with van der Waals surface area (Å²) in [6, 6.07) is 2.05. The molecule has 0 aliphatic carbocycles. The highest BCUT2D eigenvalue weighted by molar-refractivity contribution is 5.32. The van der Waals surface area contributed by atoms with Crippen LogP contribution in [-0.4, -0.2) is 34.4 Å². The number of hydrogen-bond acceptors (Lipinski definition) is 5. The van der Waals surface area contributed by atoms with Gasteiger partial charge in [-0.15, -0.1) is 0 Å². The molecule has 1 saturated heterocycles. The van der Waals surface area contributed by atoms with Crippen molar-refractivity contribution in [2.75, 3.05) is 11.9 Å². The Morgan fingerprint density at radius 3 is 2.81 bits per heavy atom. The number of aromatic nitrogens is 2. The van der Waals surface area contributed by atoms with Gasteiger partial charge in [0, 0.05) is 12.2 Å². The molecule has 0 saturated carbocycles. The lowest BCUT2D eigenvalue weighted by Crippen LogP contribution is -2.28. The normalized spacial score (nSPS) is 22.2. The highest BCUT2D eigenvalue weighted by Gasteiger charge is 2.27. The molecule has 2 heterocycles. The van der Waals surface area contributed by atoms with Crippen molar-refractivity contribution in [2.24, 2.45) is 0 Å². The fourth-order valence-corrected chi connectivity index (χ4v) is 2.32. The summed E-state index contributed by atoms with van der Waals surface area (Å²) in [5.74, 6) is 0.601. The van der Waals surface area contributed by atoms with Gasteiger partial charge in [-0.05, 0) is 46.6 Å². The molecular weight excluding hydrogens is 270 g/mol. The van der Waals surface area contributed by atoms with Crippen LogP contribution in [0.1, 0.15) is 46.8 Å². The second-order valence-corrected chi connectivity index (χ2v) is 5.97. The molecule has 1 aliphatic heterocycles. The Kier molecular flexibility index (Phi) is 5.36. The monoisotopic (exact) mass is 295 g/mol. The predicted octanol–water partition coefficient (Wildman–Crippen LogP) is 2.17. The number of rotatable bonds is 6. The Hall–Kier alpha value is -1.40. The number of anilines is 1. The Morgan fingerprint density at radius 2 is 2.19 bits per heavy atom. The maximum atomic E-state index is 12.1. The molecule has 1 N–H and O–H groups in total. The average molecular weight is 295 g/mol. The Bertz CT molecular complexity index is 513. The summed E-state index contributed by atoms with van der Waals surface area (Å²) in [6.45, 7) is 8.59. The van der Waals surface area contributed by atoms with Gasteiger partial charge >= 0.3 is 5.69 Å². The van der Waals surface area contributed by atoms with Gasteiger partial charge in [0.15, 0.2) is 0 Å². The van der Waals surface area contributed by atoms with E-state index in [0.717, 1.165) is 12.8 Å². The standard InChI is InChI=1S/C15H25N3O3/c1-10(2)16-13-7-8-18(15(19)17-13)14-6-5-12(21-14)9-20-11(3)4/h7-8,10-12,14H,5-6,9H2,1-4H3,(H,16,17,19)/t12-,14?/m0/s1. The molecule has 2 rings (SSSR count). The summed E-state index contributed by atoms with van der Waals surface area (Å²) in [4.78, 5) is 16.1. The zero-order chi connectivity index (χ0) is 15.4. The molecule has 0 amide bonds. The molecule has 21 heavy (non-hydrogen) atoms. The number of hydrogen-bond donors (Lipinski definition) is 1. The van der Waals surface area contributed by atoms with Crippen molar-refractivity contribution in [3.8, 4) is 0 Å². The van der Waals surface area contributed by atoms with Crippen molar-refractivity contribution in [1.82, 2.24) is 9.55 Å². The lowest BCUT2D eigenvalue weighted by molar-refractivity contribution is -0.0551. The maximum absolute atomic E-state index is 12.1. The largest absolute Gasteiger partial charge is 0.376 e. The molecule has 0 bridgehead atoms. The number of nitrogens with zero attached hydrogens (tertiary/aromatic N) is 2. The van der Waals surface area contributed by atoms with E-state index in [-0.39, 0.29) is 30.2 Å². The highest BCUT2D eigenvalue weighted by atomic mass is 16.6. The Morgan fingerprint density at radius 1 is 1.43 bits per heavy atom. The molecule has 1 aromatic heterocycles. The van der Waals surface area contributed by atoms with E-state index in [0.29, 0.717) is 12.4 Å². The van der Waals surface area contributed by atoms with Gasteiger partial charge in [0.1, 0.15) is 12.0 Å². The molecule has 1 unspecified atom stereocenters. The van der Waals surface area contributed by atoms with Gasteiger partial charge in [0.2, 0.25) is 0 Å². The molecule has 6 heteroatoms. The van der Waals surface area contributed by atoms with Crippen LogP contribution >= 0.6 is 0 Å². The van der Waals surface area contributed by atoms with E-state index in [1.165, 1.54) is 0 Å². The van der Waals surface area contributed by atoms with Crippen LogP contribution in [0.25, 0.3) is 0 Å². The van der Waals surface area contributed by atoms with E-state index in [2.05, 4.69) is 10.3 Å². The molecule has 0 radical (unpaired) electrons. The SMILES string of the molecule is CC(C)Nc1ccn(C2CC[C@@H](COC(C)C)O2)c(=O)n1. The molecule has 1 aliphatic rings. The third-order valence-corrected chi connectivity index (χ3v) is 3.28. The molecule has 0 spiro atoms. The van der Waals surface area contributed by atoms with Crippen molar-refractivity contribution < 1.29 is 9.47 Å². The van der Waals surface area contributed by atoms with Crippen molar-refractivity contribution >= 4 is 5.82 Å². The zero-order valence-corrected chi connectivity index (χ0v) is 13.2. The third kappa shape index (κ3) is 4.54. The van der Waals surface area contributed by atoms with Gasteiger partial charge in [-0.2, -0.15) is 4.98 Å². The van der Waals surface area contributed by atoms with Crippen LogP contribution in [0, 0.1) is 0 Å². The summed E-state index contributed by atoms with van der Waals surface area (Å²) in [6.07, 6.45) is 3.46. The lowest BCUT2D eigenvalue weighted by Gasteiger charge is -2.17. The second kappa shape index (κ2) is 7.04. The quantitative estimate of drug-likeness (QED) is 0.871. The predicted molar refractivity (Wildman–Crippen MR) is 81.5 cm³/mol. The number of nitrogens with one attached hydrogen (secondary N) is 1. The van der Waals surface area contributed by atoms with Crippen molar-refractivity contribution in [2.45, 2.75) is 65.0 Å². The molecule has 118 valence electrons. The van der Waals surface area contributed by atoms with E-state index in [4.69, 9.17) is 9.47 Å². The summed E-state index contributed by atoms with van der Waals surface area (Å²) >= 11 is 0. The zero-order valence-electron chi connectivity index (χ0n) is 13.2. The van der Waals surface area contributed by atoms with E-state index in [1.807, 2.05) is 33.8 Å². The van der Waals surface area contributed by atoms with Gasteiger partial charge in [0.25, 0.3) is 0 Å². The van der Waals surface area contributed by atoms with Crippen molar-refractivity contribution in [3.63, 3.8) is 0 Å². The van der Waals surface area contributed by atoms with E-state index >= 15 is 0 Å². The topological polar surface area (TPSA) is 65.4 Å². The average Bonchev–Trinajstić information content (AvgIpc) is 2.84. The van der Waals surface area contributed by atoms with E-state index in [9.17, 15) is 4.79 Å². The maximum Gasteiger partial charge on any atom is 0.351 e. The van der Waals surface area contributed by atoms with Crippen molar-refractivity contribution in [3.05, 3.63) is 22.7 Å². The molecule has 1 aromatic rings. The summed E-state index contributed by atoms with van der Waals surface area (Å²) in [5.41, 5.74) is -0.281. The van der Waals surface area contributed by atoms with Crippen LogP contribution in [0.5, 0.6) is 0 Å². The minimum atomic E-state index is -0.281. The molecule has 0 aromatic carbocycles. The minimum absolute atomic E-state index is 0.0535. The first-order chi connectivity index (χ1) is 9.95. The second-order valence-electron chi connectivity index (χ2n) is 5.97. The van der Waals surface area contributed by atoms with E-state index < -0.39 is 0 Å². The lowest BCUT2D eigenvalue weighted by atomic mass is 10.2. The van der Waals surface area contributed by atoms with Gasteiger partial charge < -0.3 is 14.8 Å². The molecule has 1 fully saturated rings. The summed E-state index contributed by atoms with van der Waals surface area (Å²) in [5, 5.41) is 3.12. The van der Waals surface area contributed by atoms with Gasteiger partial charge in [-0.3, -0.25) is 4.57 Å². The third-order valence-electron chi connectivity index (χ3n) is 3.28. The minimum Gasteiger partial charge on any atom is -0.376 e. The van der Waals surface area contributed by atoms with Crippen LogP contribution in [0.4, 0.5) is 5.82 Å². The first kappa shape index (κ1) is 16.0. The summed E-state index contributed by atoms with van der Waals surface area (Å²) in [7, 11) is 0. The molecular formula is C15H25N3O3. The van der Waals surface area contributed by atoms with E-state index in [1.54, 1.807) is 10.8 Å². The van der Waals surface area contributed by atoms with Crippen LogP contribution in [0.3, 0.4) is 0 Å². The van der Waals surface area contributed by atoms with Crippen LogP contribution in [-0.2, 0) is 9.47 Å². The van der Waals surface area contributed by atoms with Crippen LogP contribution in [0.15, 0.2) is 17.1 Å². The van der Waals surface area contributed by atoms with Crippen molar-refractivity contribution in [1.29, 1.82) is 0 Å². The highest BCUT2D eigenvalue weighted by Crippen LogP contribution is 2.27. The Balaban J connectivity index is 1.98.